The van der Waals surface area contributed by atoms with Crippen molar-refractivity contribution in [2.45, 2.75) is 19.3 Å². The van der Waals surface area contributed by atoms with Gasteiger partial charge in [0.1, 0.15) is 11.6 Å². The van der Waals surface area contributed by atoms with E-state index in [9.17, 15) is 14.0 Å². The van der Waals surface area contributed by atoms with Gasteiger partial charge >= 0.3 is 6.09 Å². The van der Waals surface area contributed by atoms with Gasteiger partial charge in [0, 0.05) is 38.3 Å². The Labute approximate surface area is 186 Å². The number of hydrogen-bond donors (Lipinski definition) is 1. The first-order chi connectivity index (χ1) is 14.8. The molecule has 8 nitrogen and oxygen atoms in total. The third kappa shape index (κ3) is 6.52. The molecule has 1 aromatic rings. The minimum Gasteiger partial charge on any atom is -0.409 e. The number of carbonyl (C=O) groups excluding carboxylic acids is 2. The van der Waals surface area contributed by atoms with Gasteiger partial charge in [0.25, 0.3) is 5.91 Å². The average Bonchev–Trinajstić information content (AvgIpc) is 3.10. The molecule has 2 amide bonds. The highest BCUT2D eigenvalue weighted by atomic mass is 32.2. The molecule has 0 aliphatic carbocycles. The van der Waals surface area contributed by atoms with E-state index in [1.807, 2.05) is 24.0 Å². The molecule has 31 heavy (non-hydrogen) atoms. The largest absolute Gasteiger partial charge is 0.414 e. The van der Waals surface area contributed by atoms with Crippen molar-refractivity contribution >= 4 is 35.0 Å². The predicted octanol–water partition coefficient (Wildman–Crippen LogP) is 2.78. The molecule has 3 rings (SSSR count). The standard InChI is InChI=1S/C21H28FN5O3S/c1-25(2)10-6-11-26(3)21(29)30-17-14-16(22)8-7-15(17)13-18-19(28)24-20(31-18)27-12-5-4-9-23-27/h7-8,13-14,23H,4-6,9-12H2,1-3H3. The number of hydrazine groups is 1. The van der Waals surface area contributed by atoms with Crippen molar-refractivity contribution < 1.29 is 18.7 Å². The van der Waals surface area contributed by atoms with Gasteiger partial charge in [-0.3, -0.25) is 9.80 Å². The molecule has 0 atom stereocenters. The molecule has 0 unspecified atom stereocenters. The summed E-state index contributed by atoms with van der Waals surface area (Å²) in [5, 5.41) is 2.47. The summed E-state index contributed by atoms with van der Waals surface area (Å²) in [4.78, 5) is 32.8. The Bertz CT molecular complexity index is 884. The van der Waals surface area contributed by atoms with Crippen molar-refractivity contribution in [1.82, 2.24) is 20.2 Å². The molecule has 0 radical (unpaired) electrons. The number of amides is 2. The second-order valence-electron chi connectivity index (χ2n) is 7.71. The monoisotopic (exact) mass is 449 g/mol. The van der Waals surface area contributed by atoms with Gasteiger partial charge in [-0.25, -0.2) is 14.6 Å². The number of hydrogen-bond acceptors (Lipinski definition) is 7. The summed E-state index contributed by atoms with van der Waals surface area (Å²) in [5.41, 5.74) is 3.66. The number of benzene rings is 1. The SMILES string of the molecule is CN(C)CCCN(C)C(=O)Oc1cc(F)ccc1C=C1SC(N2CCCCN2)=NC1=O. The Balaban J connectivity index is 1.70. The minimum absolute atomic E-state index is 0.0647. The van der Waals surface area contributed by atoms with E-state index in [1.54, 1.807) is 13.1 Å². The normalized spacial score (nSPS) is 18.0. The van der Waals surface area contributed by atoms with Gasteiger partial charge in [-0.1, -0.05) is 0 Å². The van der Waals surface area contributed by atoms with E-state index < -0.39 is 11.9 Å². The number of rotatable bonds is 6. The molecule has 1 fully saturated rings. The van der Waals surface area contributed by atoms with Crippen molar-refractivity contribution in [1.29, 1.82) is 0 Å². The van der Waals surface area contributed by atoms with Crippen LogP contribution in [0.5, 0.6) is 5.75 Å². The Morgan fingerprint density at radius 3 is 2.84 bits per heavy atom. The van der Waals surface area contributed by atoms with Crippen molar-refractivity contribution in [2.75, 3.05) is 47.3 Å². The van der Waals surface area contributed by atoms with Crippen LogP contribution in [0.15, 0.2) is 28.1 Å². The molecular formula is C21H28FN5O3S. The van der Waals surface area contributed by atoms with Crippen molar-refractivity contribution in [3.63, 3.8) is 0 Å². The van der Waals surface area contributed by atoms with Crippen LogP contribution in [0.25, 0.3) is 6.08 Å². The van der Waals surface area contributed by atoms with Crippen LogP contribution in [0.3, 0.4) is 0 Å². The van der Waals surface area contributed by atoms with Crippen LogP contribution in [-0.4, -0.2) is 79.3 Å². The lowest BCUT2D eigenvalue weighted by molar-refractivity contribution is -0.113. The first-order valence-corrected chi connectivity index (χ1v) is 11.1. The van der Waals surface area contributed by atoms with E-state index in [4.69, 9.17) is 4.74 Å². The number of halogens is 1. The lowest BCUT2D eigenvalue weighted by Gasteiger charge is -2.28. The van der Waals surface area contributed by atoms with Crippen LogP contribution in [0.4, 0.5) is 9.18 Å². The quantitative estimate of drug-likeness (QED) is 0.669. The zero-order valence-corrected chi connectivity index (χ0v) is 18.9. The number of nitrogens with one attached hydrogen (secondary N) is 1. The average molecular weight is 450 g/mol. The topological polar surface area (TPSA) is 77.5 Å². The Morgan fingerprint density at radius 1 is 1.32 bits per heavy atom. The van der Waals surface area contributed by atoms with Gasteiger partial charge in [0.15, 0.2) is 5.17 Å². The number of thioether (sulfide) groups is 1. The highest BCUT2D eigenvalue weighted by Crippen LogP contribution is 2.33. The van der Waals surface area contributed by atoms with E-state index >= 15 is 0 Å². The zero-order valence-electron chi connectivity index (χ0n) is 18.1. The fourth-order valence-corrected chi connectivity index (χ4v) is 4.02. The first-order valence-electron chi connectivity index (χ1n) is 10.2. The fourth-order valence-electron chi connectivity index (χ4n) is 3.11. The molecule has 0 spiro atoms. The maximum absolute atomic E-state index is 13.8. The molecular weight excluding hydrogens is 421 g/mol. The number of nitrogens with zero attached hydrogens (tertiary/aromatic N) is 4. The summed E-state index contributed by atoms with van der Waals surface area (Å²) in [6.07, 6.45) is 3.90. The minimum atomic E-state index is -0.580. The van der Waals surface area contributed by atoms with Crippen LogP contribution in [0.1, 0.15) is 24.8 Å². The molecule has 2 aliphatic heterocycles. The van der Waals surface area contributed by atoms with Crippen LogP contribution < -0.4 is 10.2 Å². The van der Waals surface area contributed by atoms with E-state index in [0.29, 0.717) is 22.2 Å². The summed E-state index contributed by atoms with van der Waals surface area (Å²) in [6, 6.07) is 3.90. The Kier molecular flexibility index (Phi) is 8.05. The summed E-state index contributed by atoms with van der Waals surface area (Å²) in [7, 11) is 5.56. The van der Waals surface area contributed by atoms with Gasteiger partial charge < -0.3 is 14.5 Å². The van der Waals surface area contributed by atoms with Crippen LogP contribution in [-0.2, 0) is 4.79 Å². The van der Waals surface area contributed by atoms with E-state index in [0.717, 1.165) is 45.0 Å². The molecule has 0 saturated carbocycles. The Morgan fingerprint density at radius 2 is 2.13 bits per heavy atom. The molecule has 0 aromatic heterocycles. The maximum Gasteiger partial charge on any atom is 0.414 e. The van der Waals surface area contributed by atoms with E-state index in [2.05, 4.69) is 10.4 Å². The second kappa shape index (κ2) is 10.7. The van der Waals surface area contributed by atoms with Gasteiger partial charge in [-0.05, 0) is 69.9 Å². The van der Waals surface area contributed by atoms with Crippen molar-refractivity contribution in [3.8, 4) is 5.75 Å². The summed E-state index contributed by atoms with van der Waals surface area (Å²) >= 11 is 1.25. The van der Waals surface area contributed by atoms with Crippen LogP contribution in [0, 0.1) is 5.82 Å². The van der Waals surface area contributed by atoms with Gasteiger partial charge in [-0.2, -0.15) is 4.99 Å². The third-order valence-corrected chi connectivity index (χ3v) is 5.83. The lowest BCUT2D eigenvalue weighted by atomic mass is 10.2. The summed E-state index contributed by atoms with van der Waals surface area (Å²) in [5.74, 6) is -0.829. The molecule has 1 aromatic carbocycles. The van der Waals surface area contributed by atoms with Gasteiger partial charge in [0.2, 0.25) is 0 Å². The Hall–Kier alpha value is -2.43. The highest BCUT2D eigenvalue weighted by molar-refractivity contribution is 8.18. The molecule has 168 valence electrons. The number of carbonyl (C=O) groups is 2. The lowest BCUT2D eigenvalue weighted by Crippen LogP contribution is -2.45. The summed E-state index contributed by atoms with van der Waals surface area (Å²) in [6.45, 7) is 2.97. The summed E-state index contributed by atoms with van der Waals surface area (Å²) < 4.78 is 19.3. The number of aliphatic imine (C=N–C) groups is 1. The smallest absolute Gasteiger partial charge is 0.409 e. The third-order valence-electron chi connectivity index (χ3n) is 4.82. The first kappa shape index (κ1) is 23.2. The van der Waals surface area contributed by atoms with Gasteiger partial charge in [-0.15, -0.1) is 0 Å². The highest BCUT2D eigenvalue weighted by Gasteiger charge is 2.27. The molecule has 1 N–H and O–H groups in total. The number of ether oxygens (including phenoxy) is 1. The van der Waals surface area contributed by atoms with Crippen molar-refractivity contribution in [2.24, 2.45) is 4.99 Å². The van der Waals surface area contributed by atoms with Crippen LogP contribution >= 0.6 is 11.8 Å². The molecule has 2 aliphatic rings. The molecule has 1 saturated heterocycles. The van der Waals surface area contributed by atoms with Crippen molar-refractivity contribution in [3.05, 3.63) is 34.5 Å². The van der Waals surface area contributed by atoms with Gasteiger partial charge in [0.05, 0.1) is 4.91 Å². The fraction of sp³-hybridized carbons (Fsp3) is 0.476. The second-order valence-corrected chi connectivity index (χ2v) is 8.71. The number of amidine groups is 1. The maximum atomic E-state index is 13.8. The molecule has 2 heterocycles. The molecule has 10 heteroatoms. The molecule has 0 bridgehead atoms. The zero-order chi connectivity index (χ0) is 22.4. The van der Waals surface area contributed by atoms with Crippen LogP contribution in [0.2, 0.25) is 0 Å². The van der Waals surface area contributed by atoms with E-state index in [1.165, 1.54) is 28.8 Å². The predicted molar refractivity (Wildman–Crippen MR) is 120 cm³/mol. The van der Waals surface area contributed by atoms with E-state index in [-0.39, 0.29) is 11.7 Å².